The lowest BCUT2D eigenvalue weighted by atomic mass is 9.87. The molecule has 1 heterocycles. The van der Waals surface area contributed by atoms with Crippen molar-refractivity contribution in [2.45, 2.75) is 57.4 Å². The first-order valence-corrected chi connectivity index (χ1v) is 7.64. The van der Waals surface area contributed by atoms with Crippen LogP contribution >= 0.6 is 0 Å². The first-order valence-electron chi connectivity index (χ1n) is 7.64. The minimum atomic E-state index is -2.54. The van der Waals surface area contributed by atoms with Crippen molar-refractivity contribution in [3.8, 4) is 0 Å². The summed E-state index contributed by atoms with van der Waals surface area (Å²) in [6.07, 6.45) is 0.557. The summed E-state index contributed by atoms with van der Waals surface area (Å²) < 4.78 is 31.6. The summed E-state index contributed by atoms with van der Waals surface area (Å²) in [4.78, 5) is 6.51. The van der Waals surface area contributed by atoms with Crippen LogP contribution in [-0.4, -0.2) is 40.6 Å². The third-order valence-electron chi connectivity index (χ3n) is 4.20. The molecule has 0 spiro atoms. The van der Waals surface area contributed by atoms with Gasteiger partial charge in [-0.05, 0) is 25.9 Å². The quantitative estimate of drug-likeness (QED) is 0.875. The Kier molecular flexibility index (Phi) is 5.27. The van der Waals surface area contributed by atoms with Gasteiger partial charge in [0.25, 0.3) is 0 Å². The molecular weight excluding hydrogens is 278 g/mol. The summed E-state index contributed by atoms with van der Waals surface area (Å²) in [5, 5.41) is 3.92. The van der Waals surface area contributed by atoms with Gasteiger partial charge < -0.3 is 15.2 Å². The fourth-order valence-electron chi connectivity index (χ4n) is 2.69. The van der Waals surface area contributed by atoms with Gasteiger partial charge in [-0.15, -0.1) is 0 Å². The fourth-order valence-corrected chi connectivity index (χ4v) is 2.69. The molecule has 0 saturated heterocycles. The molecule has 5 nitrogen and oxygen atoms in total. The molecule has 0 amide bonds. The van der Waals surface area contributed by atoms with Gasteiger partial charge in [-0.2, -0.15) is 4.98 Å². The maximum atomic E-state index is 13.2. The molecule has 21 heavy (non-hydrogen) atoms. The number of hydrogen-bond donors (Lipinski definition) is 1. The number of nitrogens with zero attached hydrogens (tertiary/aromatic N) is 3. The first kappa shape index (κ1) is 16.3. The van der Waals surface area contributed by atoms with Crippen molar-refractivity contribution in [3.05, 3.63) is 11.7 Å². The smallest absolute Gasteiger partial charge is 0.248 e. The molecule has 1 saturated carbocycles. The van der Waals surface area contributed by atoms with Crippen LogP contribution in [0.4, 0.5) is 8.78 Å². The topological polar surface area (TPSA) is 68.2 Å². The molecule has 120 valence electrons. The number of alkyl halides is 2. The molecule has 1 unspecified atom stereocenters. The second kappa shape index (κ2) is 6.79. The number of nitrogens with two attached hydrogens (primary N) is 1. The monoisotopic (exact) mass is 302 g/mol. The Balaban J connectivity index is 1.95. The highest BCUT2D eigenvalue weighted by Gasteiger charge is 2.37. The van der Waals surface area contributed by atoms with Crippen LogP contribution in [-0.2, 0) is 0 Å². The summed E-state index contributed by atoms with van der Waals surface area (Å²) >= 11 is 0. The van der Waals surface area contributed by atoms with Gasteiger partial charge in [-0.3, -0.25) is 0 Å². The normalized spacial score (nSPS) is 20.9. The average molecular weight is 302 g/mol. The van der Waals surface area contributed by atoms with E-state index < -0.39 is 5.92 Å². The molecule has 7 heteroatoms. The molecule has 2 rings (SSSR count). The molecule has 1 aliphatic rings. The van der Waals surface area contributed by atoms with E-state index in [1.807, 2.05) is 0 Å². The van der Waals surface area contributed by atoms with E-state index in [1.165, 1.54) is 0 Å². The van der Waals surface area contributed by atoms with Crippen LogP contribution in [0, 0.1) is 0 Å². The fraction of sp³-hybridized carbons (Fsp3) is 0.857. The van der Waals surface area contributed by atoms with E-state index in [0.717, 1.165) is 13.1 Å². The average Bonchev–Trinajstić information content (AvgIpc) is 2.94. The maximum absolute atomic E-state index is 13.2. The van der Waals surface area contributed by atoms with Gasteiger partial charge in [0, 0.05) is 25.3 Å². The predicted molar refractivity (Wildman–Crippen MR) is 75.2 cm³/mol. The van der Waals surface area contributed by atoms with Gasteiger partial charge in [-0.1, -0.05) is 19.0 Å². The van der Waals surface area contributed by atoms with Crippen molar-refractivity contribution in [2.75, 3.05) is 19.6 Å². The SMILES string of the molecule is CCN(CC)CC(N)c1noc(C2CCC(F)(F)CC2)n1. The molecule has 0 aliphatic heterocycles. The highest BCUT2D eigenvalue weighted by Crippen LogP contribution is 2.40. The van der Waals surface area contributed by atoms with Crippen molar-refractivity contribution in [1.29, 1.82) is 0 Å². The Morgan fingerprint density at radius 1 is 1.33 bits per heavy atom. The molecule has 1 aliphatic carbocycles. The van der Waals surface area contributed by atoms with Gasteiger partial charge in [0.2, 0.25) is 11.8 Å². The van der Waals surface area contributed by atoms with Crippen molar-refractivity contribution in [1.82, 2.24) is 15.0 Å². The summed E-state index contributed by atoms with van der Waals surface area (Å²) in [5.41, 5.74) is 6.09. The first-order chi connectivity index (χ1) is 9.95. The van der Waals surface area contributed by atoms with Crippen molar-refractivity contribution in [2.24, 2.45) is 5.73 Å². The summed E-state index contributed by atoms with van der Waals surface area (Å²) in [6.45, 7) is 6.62. The van der Waals surface area contributed by atoms with Crippen LogP contribution < -0.4 is 5.73 Å². The van der Waals surface area contributed by atoms with E-state index in [0.29, 0.717) is 31.1 Å². The number of halogens is 2. The minimum Gasteiger partial charge on any atom is -0.339 e. The second-order valence-electron chi connectivity index (χ2n) is 5.71. The number of rotatable bonds is 6. The maximum Gasteiger partial charge on any atom is 0.248 e. The largest absolute Gasteiger partial charge is 0.339 e. The zero-order valence-electron chi connectivity index (χ0n) is 12.7. The Morgan fingerprint density at radius 3 is 2.52 bits per heavy atom. The van der Waals surface area contributed by atoms with Gasteiger partial charge >= 0.3 is 0 Å². The second-order valence-corrected chi connectivity index (χ2v) is 5.71. The Labute approximate surface area is 123 Å². The third kappa shape index (κ3) is 4.20. The van der Waals surface area contributed by atoms with Crippen LogP contribution in [0.5, 0.6) is 0 Å². The molecule has 1 aromatic heterocycles. The molecule has 1 atom stereocenters. The van der Waals surface area contributed by atoms with Crippen molar-refractivity contribution < 1.29 is 13.3 Å². The van der Waals surface area contributed by atoms with Gasteiger partial charge in [0.05, 0.1) is 6.04 Å². The lowest BCUT2D eigenvalue weighted by Crippen LogP contribution is -2.32. The van der Waals surface area contributed by atoms with E-state index in [1.54, 1.807) is 0 Å². The van der Waals surface area contributed by atoms with E-state index >= 15 is 0 Å². The van der Waals surface area contributed by atoms with Gasteiger partial charge in [-0.25, -0.2) is 8.78 Å². The molecule has 0 bridgehead atoms. The van der Waals surface area contributed by atoms with E-state index in [4.69, 9.17) is 10.3 Å². The zero-order valence-corrected chi connectivity index (χ0v) is 12.7. The van der Waals surface area contributed by atoms with Crippen LogP contribution in [0.2, 0.25) is 0 Å². The predicted octanol–water partition coefficient (Wildman–Crippen LogP) is 2.70. The lowest BCUT2D eigenvalue weighted by molar-refractivity contribution is -0.0402. The van der Waals surface area contributed by atoms with E-state index in [-0.39, 0.29) is 24.8 Å². The molecule has 2 N–H and O–H groups in total. The van der Waals surface area contributed by atoms with Gasteiger partial charge in [0.1, 0.15) is 0 Å². The van der Waals surface area contributed by atoms with Crippen LogP contribution in [0.1, 0.15) is 63.2 Å². The molecule has 0 aromatic carbocycles. The number of hydrogen-bond acceptors (Lipinski definition) is 5. The molecular formula is C14H24F2N4O. The Morgan fingerprint density at radius 2 is 1.95 bits per heavy atom. The Hall–Kier alpha value is -1.08. The third-order valence-corrected chi connectivity index (χ3v) is 4.20. The standard InChI is InChI=1S/C14H24F2N4O/c1-3-20(4-2)9-11(17)12-18-13(21-19-12)10-5-7-14(15,16)8-6-10/h10-11H,3-9,17H2,1-2H3. The minimum absolute atomic E-state index is 0.0634. The summed E-state index contributed by atoms with van der Waals surface area (Å²) in [5.74, 6) is -1.69. The highest BCUT2D eigenvalue weighted by molar-refractivity contribution is 5.00. The zero-order chi connectivity index (χ0) is 15.5. The number of aromatic nitrogens is 2. The highest BCUT2D eigenvalue weighted by atomic mass is 19.3. The van der Waals surface area contributed by atoms with Gasteiger partial charge in [0.15, 0.2) is 5.82 Å². The lowest BCUT2D eigenvalue weighted by Gasteiger charge is -2.25. The summed E-state index contributed by atoms with van der Waals surface area (Å²) in [6, 6.07) is -0.313. The summed E-state index contributed by atoms with van der Waals surface area (Å²) in [7, 11) is 0. The van der Waals surface area contributed by atoms with Crippen molar-refractivity contribution >= 4 is 0 Å². The number of likely N-dealkylation sites (N-methyl/N-ethyl adjacent to an activating group) is 1. The Bertz CT molecular complexity index is 438. The molecule has 0 radical (unpaired) electrons. The molecule has 1 aromatic rings. The van der Waals surface area contributed by atoms with E-state index in [2.05, 4.69) is 28.9 Å². The van der Waals surface area contributed by atoms with E-state index in [9.17, 15) is 8.78 Å². The van der Waals surface area contributed by atoms with Crippen LogP contribution in [0.3, 0.4) is 0 Å². The molecule has 1 fully saturated rings. The van der Waals surface area contributed by atoms with Crippen LogP contribution in [0.25, 0.3) is 0 Å². The van der Waals surface area contributed by atoms with Crippen molar-refractivity contribution in [3.63, 3.8) is 0 Å². The van der Waals surface area contributed by atoms with Crippen LogP contribution in [0.15, 0.2) is 4.52 Å².